The summed E-state index contributed by atoms with van der Waals surface area (Å²) in [5.74, 6) is 2.74. The lowest BCUT2D eigenvalue weighted by atomic mass is 9.99. The minimum absolute atomic E-state index is 0.0723. The minimum atomic E-state index is -4.47. The summed E-state index contributed by atoms with van der Waals surface area (Å²) in [6, 6.07) is 5.18. The molecule has 5 rings (SSSR count). The first kappa shape index (κ1) is 23.4. The van der Waals surface area contributed by atoms with E-state index in [9.17, 15) is 13.2 Å². The molecular weight excluding hydrogens is 455 g/mol. The van der Waals surface area contributed by atoms with E-state index in [0.717, 1.165) is 68.8 Å². The molecule has 10 heteroatoms. The highest BCUT2D eigenvalue weighted by molar-refractivity contribution is 5.91. The monoisotopic (exact) mass is 485 g/mol. The Morgan fingerprint density at radius 1 is 1.03 bits per heavy atom. The molecule has 1 aromatic carbocycles. The number of pyridine rings is 1. The van der Waals surface area contributed by atoms with Gasteiger partial charge in [-0.2, -0.15) is 18.2 Å². The van der Waals surface area contributed by atoms with E-state index in [1.54, 1.807) is 19.2 Å². The Bertz CT molecular complexity index is 1220. The van der Waals surface area contributed by atoms with Crippen LogP contribution in [0.25, 0.3) is 10.9 Å². The maximum absolute atomic E-state index is 13.4. The Labute approximate surface area is 202 Å². The number of hydrogen-bond donors (Lipinski definition) is 2. The van der Waals surface area contributed by atoms with E-state index in [1.807, 2.05) is 6.07 Å². The van der Waals surface area contributed by atoms with Crippen LogP contribution in [-0.4, -0.2) is 41.1 Å². The molecule has 0 radical (unpaired) electrons. The quantitative estimate of drug-likeness (QED) is 0.478. The van der Waals surface area contributed by atoms with Gasteiger partial charge in [0.2, 0.25) is 5.95 Å². The summed E-state index contributed by atoms with van der Waals surface area (Å²) in [6.07, 6.45) is 0.607. The van der Waals surface area contributed by atoms with E-state index in [0.29, 0.717) is 28.8 Å². The third kappa shape index (κ3) is 4.92. The van der Waals surface area contributed by atoms with E-state index in [2.05, 4.69) is 27.0 Å². The van der Waals surface area contributed by atoms with Crippen molar-refractivity contribution >= 4 is 34.2 Å². The zero-order valence-corrected chi connectivity index (χ0v) is 19.9. The molecule has 3 N–H and O–H groups in total. The Morgan fingerprint density at radius 2 is 1.77 bits per heavy atom. The van der Waals surface area contributed by atoms with Gasteiger partial charge in [-0.25, -0.2) is 9.97 Å². The van der Waals surface area contributed by atoms with Gasteiger partial charge in [-0.15, -0.1) is 0 Å². The van der Waals surface area contributed by atoms with Gasteiger partial charge in [0.1, 0.15) is 11.6 Å². The molecule has 0 spiro atoms. The van der Waals surface area contributed by atoms with Crippen molar-refractivity contribution in [2.24, 2.45) is 5.92 Å². The molecule has 0 unspecified atom stereocenters. The van der Waals surface area contributed by atoms with Crippen LogP contribution in [0.3, 0.4) is 0 Å². The van der Waals surface area contributed by atoms with Gasteiger partial charge in [0.05, 0.1) is 23.3 Å². The van der Waals surface area contributed by atoms with Gasteiger partial charge < -0.3 is 20.9 Å². The molecule has 1 atom stereocenters. The van der Waals surface area contributed by atoms with Gasteiger partial charge in [-0.3, -0.25) is 0 Å². The number of nitrogen functional groups attached to an aromatic ring is 1. The van der Waals surface area contributed by atoms with Crippen LogP contribution >= 0.6 is 0 Å². The van der Waals surface area contributed by atoms with Crippen molar-refractivity contribution in [3.63, 3.8) is 0 Å². The number of hydrogen-bond acceptors (Lipinski definition) is 7. The first-order valence-corrected chi connectivity index (χ1v) is 12.1. The van der Waals surface area contributed by atoms with Crippen molar-refractivity contribution in [2.45, 2.75) is 45.3 Å². The summed E-state index contributed by atoms with van der Waals surface area (Å²) >= 11 is 0. The van der Waals surface area contributed by atoms with Gasteiger partial charge in [0, 0.05) is 37.3 Å². The highest BCUT2D eigenvalue weighted by Crippen LogP contribution is 2.35. The average molecular weight is 486 g/mol. The van der Waals surface area contributed by atoms with Gasteiger partial charge in [-0.1, -0.05) is 6.92 Å². The number of rotatable bonds is 5. The summed E-state index contributed by atoms with van der Waals surface area (Å²) < 4.78 is 40.1. The molecule has 2 saturated heterocycles. The molecular formula is C25H30F3N7. The SMILES string of the molecule is CC1CCN(c2cc3c(N[C@H](C)c4cc(N)cc(C(F)(F)F)c4)nc(N4CCC4)nc3cn2)CC1. The second-order valence-electron chi connectivity index (χ2n) is 9.69. The first-order valence-electron chi connectivity index (χ1n) is 12.1. The van der Waals surface area contributed by atoms with E-state index in [1.165, 1.54) is 0 Å². The number of benzene rings is 1. The van der Waals surface area contributed by atoms with Crippen molar-refractivity contribution < 1.29 is 13.2 Å². The number of aromatic nitrogens is 3. The lowest BCUT2D eigenvalue weighted by molar-refractivity contribution is -0.137. The Morgan fingerprint density at radius 3 is 2.43 bits per heavy atom. The fraction of sp³-hybridized carbons (Fsp3) is 0.480. The number of piperidine rings is 1. The predicted molar refractivity (Wildman–Crippen MR) is 133 cm³/mol. The molecule has 0 aliphatic carbocycles. The number of alkyl halides is 3. The fourth-order valence-corrected chi connectivity index (χ4v) is 4.57. The minimum Gasteiger partial charge on any atom is -0.399 e. The molecule has 186 valence electrons. The average Bonchev–Trinajstić information content (AvgIpc) is 2.77. The van der Waals surface area contributed by atoms with Crippen molar-refractivity contribution in [1.29, 1.82) is 0 Å². The molecule has 0 bridgehead atoms. The largest absolute Gasteiger partial charge is 0.416 e. The Hall–Kier alpha value is -3.30. The van der Waals surface area contributed by atoms with Crippen LogP contribution < -0.4 is 20.9 Å². The van der Waals surface area contributed by atoms with E-state index >= 15 is 0 Å². The second kappa shape index (κ2) is 9.05. The van der Waals surface area contributed by atoms with Gasteiger partial charge in [0.15, 0.2) is 0 Å². The van der Waals surface area contributed by atoms with Crippen LogP contribution in [0, 0.1) is 5.92 Å². The van der Waals surface area contributed by atoms with Crippen molar-refractivity contribution in [3.05, 3.63) is 41.6 Å². The third-order valence-electron chi connectivity index (χ3n) is 6.96. The second-order valence-corrected chi connectivity index (χ2v) is 9.69. The molecule has 3 aromatic rings. The van der Waals surface area contributed by atoms with Crippen LogP contribution in [0.4, 0.5) is 36.4 Å². The summed E-state index contributed by atoms with van der Waals surface area (Å²) in [4.78, 5) is 18.5. The van der Waals surface area contributed by atoms with Crippen LogP contribution in [0.1, 0.15) is 50.3 Å². The van der Waals surface area contributed by atoms with E-state index in [-0.39, 0.29) is 5.69 Å². The Balaban J connectivity index is 1.52. The van der Waals surface area contributed by atoms with Crippen LogP contribution in [0.2, 0.25) is 0 Å². The van der Waals surface area contributed by atoms with E-state index in [4.69, 9.17) is 15.7 Å². The van der Waals surface area contributed by atoms with Crippen molar-refractivity contribution in [2.75, 3.05) is 47.0 Å². The molecule has 0 amide bonds. The number of anilines is 4. The molecule has 7 nitrogen and oxygen atoms in total. The lowest BCUT2D eigenvalue weighted by Crippen LogP contribution is -2.38. The van der Waals surface area contributed by atoms with Gasteiger partial charge >= 0.3 is 6.18 Å². The summed E-state index contributed by atoms with van der Waals surface area (Å²) in [5.41, 5.74) is 6.26. The molecule has 4 heterocycles. The molecule has 0 saturated carbocycles. The zero-order chi connectivity index (χ0) is 24.7. The van der Waals surface area contributed by atoms with Crippen molar-refractivity contribution in [3.8, 4) is 0 Å². The topological polar surface area (TPSA) is 83.2 Å². The predicted octanol–water partition coefficient (Wildman–Crippen LogP) is 5.25. The van der Waals surface area contributed by atoms with E-state index < -0.39 is 17.8 Å². The lowest BCUT2D eigenvalue weighted by Gasteiger charge is -2.32. The van der Waals surface area contributed by atoms with Crippen LogP contribution in [0.15, 0.2) is 30.5 Å². The molecule has 2 aliphatic heterocycles. The molecule has 2 aromatic heterocycles. The number of halogens is 3. The highest BCUT2D eigenvalue weighted by Gasteiger charge is 2.31. The standard InChI is InChI=1S/C25H30F3N7/c1-15-4-8-34(9-5-15)22-13-20-21(14-30-22)32-24(35-6-3-7-35)33-23(20)31-16(2)17-10-18(25(26,27)28)12-19(29)11-17/h10-16H,3-9,29H2,1-2H3,(H,31,32,33)/t16-/m1/s1. The number of nitrogens with zero attached hydrogens (tertiary/aromatic N) is 5. The van der Waals surface area contributed by atoms with Gasteiger partial charge in [-0.05, 0) is 61.9 Å². The fourth-order valence-electron chi connectivity index (χ4n) is 4.57. The molecule has 2 fully saturated rings. The normalized spacial score (nSPS) is 18.0. The maximum Gasteiger partial charge on any atom is 0.416 e. The van der Waals surface area contributed by atoms with Gasteiger partial charge in [0.25, 0.3) is 0 Å². The van der Waals surface area contributed by atoms with Crippen LogP contribution in [0.5, 0.6) is 0 Å². The Kier molecular flexibility index (Phi) is 6.06. The summed E-state index contributed by atoms with van der Waals surface area (Å²) in [7, 11) is 0. The summed E-state index contributed by atoms with van der Waals surface area (Å²) in [6.45, 7) is 7.70. The third-order valence-corrected chi connectivity index (χ3v) is 6.96. The highest BCUT2D eigenvalue weighted by atomic mass is 19.4. The molecule has 2 aliphatic rings. The summed E-state index contributed by atoms with van der Waals surface area (Å²) in [5, 5.41) is 4.14. The maximum atomic E-state index is 13.4. The number of nitrogens with one attached hydrogen (secondary N) is 1. The number of fused-ring (bicyclic) bond motifs is 1. The smallest absolute Gasteiger partial charge is 0.399 e. The number of nitrogens with two attached hydrogens (primary N) is 1. The first-order chi connectivity index (χ1) is 16.7. The molecule has 35 heavy (non-hydrogen) atoms. The zero-order valence-electron chi connectivity index (χ0n) is 19.9. The van der Waals surface area contributed by atoms with Crippen molar-refractivity contribution in [1.82, 2.24) is 15.0 Å². The van der Waals surface area contributed by atoms with Crippen LogP contribution in [-0.2, 0) is 6.18 Å².